The molecular formula is C20H27NO3. The lowest BCUT2D eigenvalue weighted by atomic mass is 10.3. The van der Waals surface area contributed by atoms with Crippen LogP contribution in [0.25, 0.3) is 0 Å². The molecule has 0 atom stereocenters. The summed E-state index contributed by atoms with van der Waals surface area (Å²) in [5, 5.41) is 3.32. The predicted octanol–water partition coefficient (Wildman–Crippen LogP) is 4.65. The first-order valence-electron chi connectivity index (χ1n) is 8.67. The summed E-state index contributed by atoms with van der Waals surface area (Å²) in [5.74, 6) is 2.89. The molecule has 0 saturated heterocycles. The van der Waals surface area contributed by atoms with Crippen molar-refractivity contribution in [2.75, 3.05) is 26.3 Å². The molecule has 4 heteroatoms. The number of para-hydroxylation sites is 4. The number of benzene rings is 2. The van der Waals surface area contributed by atoms with Crippen molar-refractivity contribution in [1.82, 2.24) is 5.32 Å². The first-order valence-corrected chi connectivity index (χ1v) is 8.67. The molecule has 0 spiro atoms. The molecule has 2 aromatic rings. The lowest BCUT2D eigenvalue weighted by molar-refractivity contribution is 0.287. The minimum Gasteiger partial charge on any atom is -0.490 e. The zero-order valence-electron chi connectivity index (χ0n) is 14.6. The Kier molecular flexibility index (Phi) is 7.98. The van der Waals surface area contributed by atoms with Crippen LogP contribution >= 0.6 is 0 Å². The van der Waals surface area contributed by atoms with Gasteiger partial charge in [0.1, 0.15) is 0 Å². The van der Waals surface area contributed by atoms with Crippen LogP contribution in [-0.2, 0) is 0 Å². The smallest absolute Gasteiger partial charge is 0.169 e. The number of nitrogens with one attached hydrogen (secondary N) is 1. The Hall–Kier alpha value is -2.20. The second-order valence-corrected chi connectivity index (χ2v) is 5.34. The molecule has 0 saturated carbocycles. The quantitative estimate of drug-likeness (QED) is 0.609. The van der Waals surface area contributed by atoms with Crippen LogP contribution in [0.3, 0.4) is 0 Å². The van der Waals surface area contributed by atoms with Crippen molar-refractivity contribution >= 4 is 0 Å². The van der Waals surface area contributed by atoms with Crippen molar-refractivity contribution in [2.45, 2.75) is 26.7 Å². The minimum absolute atomic E-state index is 0.602. The minimum atomic E-state index is 0.602. The molecule has 24 heavy (non-hydrogen) atoms. The second-order valence-electron chi connectivity index (χ2n) is 5.34. The Bertz CT molecular complexity index is 601. The molecule has 0 bridgehead atoms. The molecule has 0 aromatic heterocycles. The van der Waals surface area contributed by atoms with Crippen molar-refractivity contribution in [2.24, 2.45) is 0 Å². The van der Waals surface area contributed by atoms with E-state index in [-0.39, 0.29) is 0 Å². The van der Waals surface area contributed by atoms with Crippen LogP contribution in [0, 0.1) is 0 Å². The number of rotatable bonds is 11. The highest BCUT2D eigenvalue weighted by Crippen LogP contribution is 2.36. The highest BCUT2D eigenvalue weighted by molar-refractivity contribution is 5.47. The summed E-state index contributed by atoms with van der Waals surface area (Å²) in [4.78, 5) is 0. The summed E-state index contributed by atoms with van der Waals surface area (Å²) >= 11 is 0. The van der Waals surface area contributed by atoms with Crippen LogP contribution in [0.1, 0.15) is 26.7 Å². The second kappa shape index (κ2) is 10.6. The molecule has 2 rings (SSSR count). The molecule has 0 aliphatic rings. The topological polar surface area (TPSA) is 39.7 Å². The Balaban J connectivity index is 1.96. The number of ether oxygens (including phenoxy) is 3. The first-order chi connectivity index (χ1) is 11.8. The molecule has 4 nitrogen and oxygen atoms in total. The highest BCUT2D eigenvalue weighted by Gasteiger charge is 2.09. The average Bonchev–Trinajstić information content (AvgIpc) is 2.61. The van der Waals surface area contributed by atoms with Crippen molar-refractivity contribution < 1.29 is 14.2 Å². The van der Waals surface area contributed by atoms with Gasteiger partial charge in [0.15, 0.2) is 23.0 Å². The highest BCUT2D eigenvalue weighted by atomic mass is 16.5. The summed E-state index contributed by atoms with van der Waals surface area (Å²) in [6.45, 7) is 7.39. The average molecular weight is 329 g/mol. The SMILES string of the molecule is CCNCCCCOc1ccccc1Oc1ccccc1OCC. The fraction of sp³-hybridized carbons (Fsp3) is 0.400. The van der Waals surface area contributed by atoms with E-state index in [2.05, 4.69) is 12.2 Å². The third kappa shape index (κ3) is 5.78. The molecule has 0 fully saturated rings. The molecule has 130 valence electrons. The summed E-state index contributed by atoms with van der Waals surface area (Å²) in [5.41, 5.74) is 0. The van der Waals surface area contributed by atoms with Crippen LogP contribution in [0.4, 0.5) is 0 Å². The van der Waals surface area contributed by atoms with Gasteiger partial charge < -0.3 is 19.5 Å². The maximum atomic E-state index is 6.03. The standard InChI is InChI=1S/C20H27NO3/c1-3-21-15-9-10-16-23-18-12-6-8-14-20(18)24-19-13-7-5-11-17(19)22-4-2/h5-8,11-14,21H,3-4,9-10,15-16H2,1-2H3. The van der Waals surface area contributed by atoms with Gasteiger partial charge in [0, 0.05) is 0 Å². The van der Waals surface area contributed by atoms with Crippen molar-refractivity contribution in [1.29, 1.82) is 0 Å². The third-order valence-electron chi connectivity index (χ3n) is 3.47. The summed E-state index contributed by atoms with van der Waals surface area (Å²) in [6, 6.07) is 15.4. The van der Waals surface area contributed by atoms with E-state index in [1.807, 2.05) is 55.5 Å². The molecule has 0 unspecified atom stereocenters. The van der Waals surface area contributed by atoms with Gasteiger partial charge in [-0.25, -0.2) is 0 Å². The van der Waals surface area contributed by atoms with E-state index in [9.17, 15) is 0 Å². The molecular weight excluding hydrogens is 302 g/mol. The van der Waals surface area contributed by atoms with Gasteiger partial charge >= 0.3 is 0 Å². The van der Waals surface area contributed by atoms with Gasteiger partial charge in [-0.05, 0) is 57.1 Å². The maximum Gasteiger partial charge on any atom is 0.169 e. The number of hydrogen-bond acceptors (Lipinski definition) is 4. The maximum absolute atomic E-state index is 6.03. The van der Waals surface area contributed by atoms with Crippen molar-refractivity contribution in [3.05, 3.63) is 48.5 Å². The normalized spacial score (nSPS) is 10.4. The zero-order valence-corrected chi connectivity index (χ0v) is 14.6. The van der Waals surface area contributed by atoms with Crippen LogP contribution in [0.5, 0.6) is 23.0 Å². The van der Waals surface area contributed by atoms with Crippen LogP contribution < -0.4 is 19.5 Å². The monoisotopic (exact) mass is 329 g/mol. The van der Waals surface area contributed by atoms with Crippen molar-refractivity contribution in [3.63, 3.8) is 0 Å². The largest absolute Gasteiger partial charge is 0.490 e. The lowest BCUT2D eigenvalue weighted by Gasteiger charge is -2.14. The fourth-order valence-electron chi connectivity index (χ4n) is 2.29. The van der Waals surface area contributed by atoms with Crippen LogP contribution in [-0.4, -0.2) is 26.3 Å². The Morgan fingerprint density at radius 2 is 1.33 bits per heavy atom. The van der Waals surface area contributed by atoms with Crippen LogP contribution in [0.2, 0.25) is 0 Å². The summed E-state index contributed by atoms with van der Waals surface area (Å²) < 4.78 is 17.5. The van der Waals surface area contributed by atoms with Crippen molar-refractivity contribution in [3.8, 4) is 23.0 Å². The van der Waals surface area contributed by atoms with Gasteiger partial charge in [0.2, 0.25) is 0 Å². The Labute approximate surface area is 144 Å². The molecule has 0 aliphatic carbocycles. The van der Waals surface area contributed by atoms with E-state index in [1.54, 1.807) is 0 Å². The fourth-order valence-corrected chi connectivity index (χ4v) is 2.29. The zero-order chi connectivity index (χ0) is 17.0. The van der Waals surface area contributed by atoms with Gasteiger partial charge in [-0.2, -0.15) is 0 Å². The molecule has 0 aliphatic heterocycles. The van der Waals surface area contributed by atoms with Gasteiger partial charge in [0.05, 0.1) is 13.2 Å². The lowest BCUT2D eigenvalue weighted by Crippen LogP contribution is -2.14. The first kappa shape index (κ1) is 18.1. The van der Waals surface area contributed by atoms with Gasteiger partial charge in [0.25, 0.3) is 0 Å². The molecule has 2 aromatic carbocycles. The van der Waals surface area contributed by atoms with Gasteiger partial charge in [-0.3, -0.25) is 0 Å². The van der Waals surface area contributed by atoms with E-state index in [4.69, 9.17) is 14.2 Å². The molecule has 1 N–H and O–H groups in total. The van der Waals surface area contributed by atoms with E-state index < -0.39 is 0 Å². The predicted molar refractivity (Wildman–Crippen MR) is 97.4 cm³/mol. The van der Waals surface area contributed by atoms with Gasteiger partial charge in [-0.15, -0.1) is 0 Å². The third-order valence-corrected chi connectivity index (χ3v) is 3.47. The Morgan fingerprint density at radius 1 is 0.750 bits per heavy atom. The van der Waals surface area contributed by atoms with E-state index >= 15 is 0 Å². The molecule has 0 radical (unpaired) electrons. The number of unbranched alkanes of at least 4 members (excludes halogenated alkanes) is 1. The molecule has 0 heterocycles. The van der Waals surface area contributed by atoms with E-state index in [0.29, 0.717) is 24.7 Å². The summed E-state index contributed by atoms with van der Waals surface area (Å²) in [7, 11) is 0. The Morgan fingerprint density at radius 3 is 1.92 bits per heavy atom. The summed E-state index contributed by atoms with van der Waals surface area (Å²) in [6.07, 6.45) is 2.11. The molecule has 0 amide bonds. The van der Waals surface area contributed by atoms with Crippen LogP contribution in [0.15, 0.2) is 48.5 Å². The van der Waals surface area contributed by atoms with E-state index in [1.165, 1.54) is 0 Å². The van der Waals surface area contributed by atoms with E-state index in [0.717, 1.165) is 37.4 Å². The van der Waals surface area contributed by atoms with Gasteiger partial charge in [-0.1, -0.05) is 31.2 Å². The number of hydrogen-bond donors (Lipinski definition) is 1.